The Bertz CT molecular complexity index is 801. The fourth-order valence-corrected chi connectivity index (χ4v) is 2.30. The summed E-state index contributed by atoms with van der Waals surface area (Å²) in [6.45, 7) is -0.231. The highest BCUT2D eigenvalue weighted by Gasteiger charge is 2.18. The Morgan fingerprint density at radius 1 is 1.45 bits per heavy atom. The van der Waals surface area contributed by atoms with Crippen molar-refractivity contribution in [2.24, 2.45) is 5.92 Å². The quantitative estimate of drug-likeness (QED) is 0.537. The summed E-state index contributed by atoms with van der Waals surface area (Å²) in [5.41, 5.74) is 2.09. The van der Waals surface area contributed by atoms with Crippen molar-refractivity contribution in [3.05, 3.63) is 42.1 Å². The van der Waals surface area contributed by atoms with Gasteiger partial charge < -0.3 is 14.4 Å². The van der Waals surface area contributed by atoms with Crippen molar-refractivity contribution >= 4 is 22.6 Å². The summed E-state index contributed by atoms with van der Waals surface area (Å²) in [5, 5.41) is 10.1. The Labute approximate surface area is 129 Å². The molecule has 0 spiro atoms. The molecule has 1 aromatic heterocycles. The molecular formula is C18H17NO3. The highest BCUT2D eigenvalue weighted by molar-refractivity contribution is 6.12. The SMILES string of the molecule is COC(=O)/C(=C/CO)n1ccc2ccc(C#CC3CC3)cc21. The third-order valence-corrected chi connectivity index (χ3v) is 3.63. The van der Waals surface area contributed by atoms with Gasteiger partial charge in [0.05, 0.1) is 19.2 Å². The molecule has 0 atom stereocenters. The van der Waals surface area contributed by atoms with E-state index in [1.165, 1.54) is 26.0 Å². The third kappa shape index (κ3) is 2.90. The Hall–Kier alpha value is -2.51. The third-order valence-electron chi connectivity index (χ3n) is 3.63. The first-order chi connectivity index (χ1) is 10.7. The smallest absolute Gasteiger partial charge is 0.354 e. The number of ether oxygens (including phenoxy) is 1. The highest BCUT2D eigenvalue weighted by Crippen LogP contribution is 2.28. The van der Waals surface area contributed by atoms with Gasteiger partial charge in [0.25, 0.3) is 0 Å². The highest BCUT2D eigenvalue weighted by atomic mass is 16.5. The van der Waals surface area contributed by atoms with Crippen LogP contribution in [0, 0.1) is 17.8 Å². The molecule has 0 saturated heterocycles. The molecule has 0 bridgehead atoms. The van der Waals surface area contributed by atoms with Crippen LogP contribution in [0.25, 0.3) is 16.6 Å². The van der Waals surface area contributed by atoms with E-state index in [0.29, 0.717) is 11.6 Å². The molecule has 2 aromatic rings. The normalized spacial score (nSPS) is 14.5. The second-order valence-corrected chi connectivity index (χ2v) is 5.27. The number of aliphatic hydroxyl groups excluding tert-OH is 1. The number of carbonyl (C=O) groups excluding carboxylic acids is 1. The number of benzene rings is 1. The lowest BCUT2D eigenvalue weighted by Crippen LogP contribution is -2.10. The van der Waals surface area contributed by atoms with Gasteiger partial charge in [-0.2, -0.15) is 0 Å². The number of methoxy groups -OCH3 is 1. The topological polar surface area (TPSA) is 51.5 Å². The lowest BCUT2D eigenvalue weighted by atomic mass is 10.1. The van der Waals surface area contributed by atoms with Crippen LogP contribution < -0.4 is 0 Å². The van der Waals surface area contributed by atoms with Crippen molar-refractivity contribution in [2.75, 3.05) is 13.7 Å². The number of rotatable bonds is 3. The van der Waals surface area contributed by atoms with Gasteiger partial charge in [-0.05, 0) is 37.1 Å². The number of fused-ring (bicyclic) bond motifs is 1. The lowest BCUT2D eigenvalue weighted by molar-refractivity contribution is -0.134. The van der Waals surface area contributed by atoms with Gasteiger partial charge in [0.2, 0.25) is 0 Å². The van der Waals surface area contributed by atoms with E-state index >= 15 is 0 Å². The van der Waals surface area contributed by atoms with Crippen LogP contribution in [0.1, 0.15) is 18.4 Å². The lowest BCUT2D eigenvalue weighted by Gasteiger charge is -2.08. The van der Waals surface area contributed by atoms with Crippen molar-refractivity contribution < 1.29 is 14.6 Å². The van der Waals surface area contributed by atoms with Crippen molar-refractivity contribution in [3.8, 4) is 11.8 Å². The molecular weight excluding hydrogens is 278 g/mol. The van der Waals surface area contributed by atoms with Gasteiger partial charge in [-0.1, -0.05) is 17.9 Å². The van der Waals surface area contributed by atoms with Gasteiger partial charge in [-0.25, -0.2) is 4.79 Å². The van der Waals surface area contributed by atoms with Gasteiger partial charge in [-0.3, -0.25) is 0 Å². The molecule has 4 heteroatoms. The molecule has 112 valence electrons. The zero-order chi connectivity index (χ0) is 15.5. The molecule has 1 heterocycles. The summed E-state index contributed by atoms with van der Waals surface area (Å²) in [5.74, 6) is 6.47. The van der Waals surface area contributed by atoms with Crippen molar-refractivity contribution in [3.63, 3.8) is 0 Å². The van der Waals surface area contributed by atoms with Crippen LogP contribution in [-0.2, 0) is 9.53 Å². The first kappa shape index (κ1) is 14.4. The van der Waals surface area contributed by atoms with Gasteiger partial charge in [-0.15, -0.1) is 0 Å². The minimum Gasteiger partial charge on any atom is -0.464 e. The van der Waals surface area contributed by atoms with Crippen LogP contribution in [0.3, 0.4) is 0 Å². The fraction of sp³-hybridized carbons (Fsp3) is 0.278. The summed E-state index contributed by atoms with van der Waals surface area (Å²) < 4.78 is 6.51. The second-order valence-electron chi connectivity index (χ2n) is 5.27. The zero-order valence-corrected chi connectivity index (χ0v) is 12.4. The van der Waals surface area contributed by atoms with E-state index in [1.54, 1.807) is 10.8 Å². The van der Waals surface area contributed by atoms with Crippen LogP contribution in [0.2, 0.25) is 0 Å². The summed E-state index contributed by atoms with van der Waals surface area (Å²) in [4.78, 5) is 11.9. The Morgan fingerprint density at radius 3 is 2.95 bits per heavy atom. The van der Waals surface area contributed by atoms with E-state index in [-0.39, 0.29) is 6.61 Å². The molecule has 0 aliphatic heterocycles. The van der Waals surface area contributed by atoms with Gasteiger partial charge in [0.15, 0.2) is 0 Å². The van der Waals surface area contributed by atoms with Gasteiger partial charge >= 0.3 is 5.97 Å². The van der Waals surface area contributed by atoms with Crippen LogP contribution >= 0.6 is 0 Å². The number of hydrogen-bond acceptors (Lipinski definition) is 3. The number of carbonyl (C=O) groups is 1. The predicted molar refractivity (Wildman–Crippen MR) is 84.9 cm³/mol. The van der Waals surface area contributed by atoms with Gasteiger partial charge in [0, 0.05) is 23.1 Å². The maximum absolute atomic E-state index is 11.9. The maximum Gasteiger partial charge on any atom is 0.354 e. The summed E-state index contributed by atoms with van der Waals surface area (Å²) in [6, 6.07) is 7.84. The molecule has 1 N–H and O–H groups in total. The first-order valence-electron chi connectivity index (χ1n) is 7.25. The number of esters is 1. The molecule has 0 amide bonds. The van der Waals surface area contributed by atoms with E-state index in [0.717, 1.165) is 16.5 Å². The Kier molecular flexibility index (Phi) is 3.99. The Morgan fingerprint density at radius 2 is 2.27 bits per heavy atom. The molecule has 1 saturated carbocycles. The van der Waals surface area contributed by atoms with Crippen molar-refractivity contribution in [1.29, 1.82) is 0 Å². The Balaban J connectivity index is 2.05. The van der Waals surface area contributed by atoms with Crippen molar-refractivity contribution in [2.45, 2.75) is 12.8 Å². The van der Waals surface area contributed by atoms with E-state index in [2.05, 4.69) is 11.8 Å². The summed E-state index contributed by atoms with van der Waals surface area (Å²) >= 11 is 0. The van der Waals surface area contributed by atoms with Crippen LogP contribution in [-0.4, -0.2) is 29.4 Å². The molecule has 1 aliphatic rings. The van der Waals surface area contributed by atoms with E-state index in [1.807, 2.05) is 24.3 Å². The second kappa shape index (κ2) is 6.08. The van der Waals surface area contributed by atoms with Gasteiger partial charge in [0.1, 0.15) is 5.70 Å². The molecule has 3 rings (SSSR count). The maximum atomic E-state index is 11.9. The average Bonchev–Trinajstić information content (AvgIpc) is 3.28. The van der Waals surface area contributed by atoms with Crippen LogP contribution in [0.5, 0.6) is 0 Å². The average molecular weight is 295 g/mol. The van der Waals surface area contributed by atoms with Crippen LogP contribution in [0.15, 0.2) is 36.5 Å². The minimum atomic E-state index is -0.485. The summed E-state index contributed by atoms with van der Waals surface area (Å²) in [7, 11) is 1.33. The standard InChI is InChI=1S/C18H17NO3/c1-22-18(21)16(9-11-20)19-10-8-15-7-6-14(12-17(15)19)5-4-13-2-3-13/h6-10,12-13,20H,2-3,11H2,1H3/b16-9-. The minimum absolute atomic E-state index is 0.231. The zero-order valence-electron chi connectivity index (χ0n) is 12.4. The molecule has 1 aromatic carbocycles. The molecule has 1 fully saturated rings. The number of hydrogen-bond donors (Lipinski definition) is 1. The first-order valence-corrected chi connectivity index (χ1v) is 7.25. The van der Waals surface area contributed by atoms with E-state index in [9.17, 15) is 4.79 Å². The molecule has 1 aliphatic carbocycles. The molecule has 4 nitrogen and oxygen atoms in total. The largest absolute Gasteiger partial charge is 0.464 e. The van der Waals surface area contributed by atoms with Crippen LogP contribution in [0.4, 0.5) is 0 Å². The fourth-order valence-electron chi connectivity index (χ4n) is 2.30. The summed E-state index contributed by atoms with van der Waals surface area (Å²) in [6.07, 6.45) is 5.61. The van der Waals surface area contributed by atoms with Crippen molar-refractivity contribution in [1.82, 2.24) is 4.57 Å². The number of aromatic nitrogens is 1. The van der Waals surface area contributed by atoms with E-state index < -0.39 is 5.97 Å². The molecule has 0 radical (unpaired) electrons. The molecule has 0 unspecified atom stereocenters. The number of aliphatic hydroxyl groups is 1. The van der Waals surface area contributed by atoms with E-state index in [4.69, 9.17) is 9.84 Å². The monoisotopic (exact) mass is 295 g/mol. The number of nitrogens with zero attached hydrogens (tertiary/aromatic N) is 1. The molecule has 22 heavy (non-hydrogen) atoms. The predicted octanol–water partition coefficient (Wildman–Crippen LogP) is 2.41.